The quantitative estimate of drug-likeness (QED) is 0.748. The van der Waals surface area contributed by atoms with Crippen molar-refractivity contribution < 1.29 is 22.7 Å². The largest absolute Gasteiger partial charge is 0.454 e. The molecule has 2 aromatic rings. The second kappa shape index (κ2) is 8.53. The molecular weight excluding hydrogens is 380 g/mol. The standard InChI is InChI=1S/C20H22N2O5S/c1-28(25,26)22-13-7-12-18(22)20(24)27-14-19(23)21-17-11-6-5-10-16(17)15-8-3-2-4-9-15/h2-6,8-11,18H,7,12-14H2,1H3,(H,21,23). The molecule has 1 atom stereocenters. The van der Waals surface area contributed by atoms with Crippen molar-refractivity contribution in [3.05, 3.63) is 54.6 Å². The van der Waals surface area contributed by atoms with Crippen LogP contribution in [-0.4, -0.2) is 50.0 Å². The third-order valence-electron chi connectivity index (χ3n) is 4.53. The highest BCUT2D eigenvalue weighted by Crippen LogP contribution is 2.27. The summed E-state index contributed by atoms with van der Waals surface area (Å²) in [4.78, 5) is 24.5. The number of nitrogens with one attached hydrogen (secondary N) is 1. The summed E-state index contributed by atoms with van der Waals surface area (Å²) >= 11 is 0. The number of para-hydroxylation sites is 1. The Morgan fingerprint density at radius 3 is 2.50 bits per heavy atom. The first kappa shape index (κ1) is 20.0. The van der Waals surface area contributed by atoms with Gasteiger partial charge in [-0.3, -0.25) is 9.59 Å². The Hall–Kier alpha value is -2.71. The molecule has 1 fully saturated rings. The number of sulfonamides is 1. The minimum Gasteiger partial charge on any atom is -0.454 e. The molecule has 1 saturated heterocycles. The van der Waals surface area contributed by atoms with Gasteiger partial charge in [-0.05, 0) is 24.5 Å². The normalized spacial score (nSPS) is 17.2. The van der Waals surface area contributed by atoms with Crippen molar-refractivity contribution in [1.29, 1.82) is 0 Å². The van der Waals surface area contributed by atoms with E-state index in [1.807, 2.05) is 42.5 Å². The zero-order valence-corrected chi connectivity index (χ0v) is 16.3. The maximum Gasteiger partial charge on any atom is 0.324 e. The molecule has 7 nitrogen and oxygen atoms in total. The Balaban J connectivity index is 1.62. The third kappa shape index (κ3) is 4.76. The lowest BCUT2D eigenvalue weighted by Crippen LogP contribution is -2.41. The molecule has 1 amide bonds. The molecule has 0 bridgehead atoms. The van der Waals surface area contributed by atoms with Gasteiger partial charge in [-0.25, -0.2) is 8.42 Å². The lowest BCUT2D eigenvalue weighted by atomic mass is 10.0. The number of amides is 1. The molecule has 1 N–H and O–H groups in total. The lowest BCUT2D eigenvalue weighted by molar-refractivity contribution is -0.150. The summed E-state index contributed by atoms with van der Waals surface area (Å²) in [6.45, 7) is -0.189. The SMILES string of the molecule is CS(=O)(=O)N1CCCC1C(=O)OCC(=O)Nc1ccccc1-c1ccccc1. The highest BCUT2D eigenvalue weighted by atomic mass is 32.2. The van der Waals surface area contributed by atoms with E-state index in [1.54, 1.807) is 12.1 Å². The summed E-state index contributed by atoms with van der Waals surface area (Å²) in [5, 5.41) is 2.75. The first-order valence-electron chi connectivity index (χ1n) is 8.94. The summed E-state index contributed by atoms with van der Waals surface area (Å²) in [6.07, 6.45) is 2.04. The van der Waals surface area contributed by atoms with Crippen molar-refractivity contribution in [3.8, 4) is 11.1 Å². The first-order chi connectivity index (χ1) is 13.4. The minimum atomic E-state index is -3.49. The number of hydrogen-bond acceptors (Lipinski definition) is 5. The highest BCUT2D eigenvalue weighted by molar-refractivity contribution is 7.88. The van der Waals surface area contributed by atoms with Gasteiger partial charge in [-0.15, -0.1) is 0 Å². The van der Waals surface area contributed by atoms with E-state index in [-0.39, 0.29) is 6.54 Å². The Morgan fingerprint density at radius 2 is 1.79 bits per heavy atom. The molecule has 0 aliphatic carbocycles. The molecule has 0 spiro atoms. The molecule has 1 unspecified atom stereocenters. The summed E-state index contributed by atoms with van der Waals surface area (Å²) in [5.74, 6) is -1.19. The molecule has 0 aromatic heterocycles. The summed E-state index contributed by atoms with van der Waals surface area (Å²) < 4.78 is 29.7. The average Bonchev–Trinajstić information content (AvgIpc) is 3.18. The summed E-state index contributed by atoms with van der Waals surface area (Å²) in [6, 6.07) is 16.1. The molecule has 2 aromatic carbocycles. The number of nitrogens with zero attached hydrogens (tertiary/aromatic N) is 1. The molecule has 0 radical (unpaired) electrons. The summed E-state index contributed by atoms with van der Waals surface area (Å²) in [5.41, 5.74) is 2.40. The van der Waals surface area contributed by atoms with Gasteiger partial charge < -0.3 is 10.1 Å². The zero-order valence-electron chi connectivity index (χ0n) is 15.5. The lowest BCUT2D eigenvalue weighted by Gasteiger charge is -2.20. The summed E-state index contributed by atoms with van der Waals surface area (Å²) in [7, 11) is -3.49. The number of rotatable bonds is 6. The predicted molar refractivity (Wildman–Crippen MR) is 106 cm³/mol. The fraction of sp³-hybridized carbons (Fsp3) is 0.300. The van der Waals surface area contributed by atoms with Crippen molar-refractivity contribution in [1.82, 2.24) is 4.31 Å². The monoisotopic (exact) mass is 402 g/mol. The maximum atomic E-state index is 12.3. The van der Waals surface area contributed by atoms with E-state index in [2.05, 4.69) is 5.32 Å². The van der Waals surface area contributed by atoms with Gasteiger partial charge in [0.1, 0.15) is 6.04 Å². The van der Waals surface area contributed by atoms with E-state index in [0.717, 1.165) is 21.7 Å². The van der Waals surface area contributed by atoms with Crippen LogP contribution in [0.15, 0.2) is 54.6 Å². The van der Waals surface area contributed by atoms with Crippen molar-refractivity contribution in [2.24, 2.45) is 0 Å². The number of carbonyl (C=O) groups is 2. The number of hydrogen-bond donors (Lipinski definition) is 1. The Morgan fingerprint density at radius 1 is 1.11 bits per heavy atom. The molecule has 1 aliphatic rings. The van der Waals surface area contributed by atoms with Crippen molar-refractivity contribution >= 4 is 27.6 Å². The van der Waals surface area contributed by atoms with Gasteiger partial charge in [0, 0.05) is 17.8 Å². The van der Waals surface area contributed by atoms with E-state index in [4.69, 9.17) is 4.74 Å². The van der Waals surface area contributed by atoms with Crippen LogP contribution in [0.1, 0.15) is 12.8 Å². The second-order valence-corrected chi connectivity index (χ2v) is 8.53. The van der Waals surface area contributed by atoms with Crippen LogP contribution in [-0.2, 0) is 24.3 Å². The molecule has 148 valence electrons. The van der Waals surface area contributed by atoms with Gasteiger partial charge in [0.05, 0.1) is 6.26 Å². The van der Waals surface area contributed by atoms with Crippen LogP contribution < -0.4 is 5.32 Å². The van der Waals surface area contributed by atoms with Crippen molar-refractivity contribution in [2.45, 2.75) is 18.9 Å². The van der Waals surface area contributed by atoms with Crippen LogP contribution in [0, 0.1) is 0 Å². The highest BCUT2D eigenvalue weighted by Gasteiger charge is 2.37. The Kier molecular flexibility index (Phi) is 6.11. The van der Waals surface area contributed by atoms with E-state index in [9.17, 15) is 18.0 Å². The molecule has 28 heavy (non-hydrogen) atoms. The number of ether oxygens (including phenoxy) is 1. The van der Waals surface area contributed by atoms with Crippen LogP contribution in [0.3, 0.4) is 0 Å². The van der Waals surface area contributed by atoms with Crippen LogP contribution in [0.4, 0.5) is 5.69 Å². The number of benzene rings is 2. The second-order valence-electron chi connectivity index (χ2n) is 6.60. The van der Waals surface area contributed by atoms with Crippen LogP contribution >= 0.6 is 0 Å². The first-order valence-corrected chi connectivity index (χ1v) is 10.8. The number of esters is 1. The van der Waals surface area contributed by atoms with Gasteiger partial charge >= 0.3 is 5.97 Å². The van der Waals surface area contributed by atoms with Gasteiger partial charge in [0.25, 0.3) is 5.91 Å². The molecular formula is C20H22N2O5S. The van der Waals surface area contributed by atoms with Gasteiger partial charge in [0.2, 0.25) is 10.0 Å². The Labute approximate surface area is 164 Å². The Bertz CT molecular complexity index is 960. The third-order valence-corrected chi connectivity index (χ3v) is 5.82. The van der Waals surface area contributed by atoms with Crippen LogP contribution in [0.2, 0.25) is 0 Å². The van der Waals surface area contributed by atoms with E-state index >= 15 is 0 Å². The molecule has 1 heterocycles. The molecule has 3 rings (SSSR count). The fourth-order valence-electron chi connectivity index (χ4n) is 3.25. The number of carbonyl (C=O) groups excluding carboxylic acids is 2. The fourth-order valence-corrected chi connectivity index (χ4v) is 4.37. The van der Waals surface area contributed by atoms with E-state index in [1.165, 1.54) is 0 Å². The van der Waals surface area contributed by atoms with Crippen molar-refractivity contribution in [3.63, 3.8) is 0 Å². The van der Waals surface area contributed by atoms with Crippen LogP contribution in [0.25, 0.3) is 11.1 Å². The topological polar surface area (TPSA) is 92.8 Å². The van der Waals surface area contributed by atoms with Crippen LogP contribution in [0.5, 0.6) is 0 Å². The smallest absolute Gasteiger partial charge is 0.324 e. The van der Waals surface area contributed by atoms with Crippen molar-refractivity contribution in [2.75, 3.05) is 24.7 Å². The van der Waals surface area contributed by atoms with Gasteiger partial charge in [-0.1, -0.05) is 48.5 Å². The molecule has 8 heteroatoms. The average molecular weight is 402 g/mol. The van der Waals surface area contributed by atoms with E-state index in [0.29, 0.717) is 18.5 Å². The van der Waals surface area contributed by atoms with E-state index < -0.39 is 34.5 Å². The maximum absolute atomic E-state index is 12.3. The minimum absolute atomic E-state index is 0.287. The molecule has 0 saturated carbocycles. The zero-order chi connectivity index (χ0) is 20.1. The predicted octanol–water partition coefficient (Wildman–Crippen LogP) is 2.26. The number of anilines is 1. The van der Waals surface area contributed by atoms with Gasteiger partial charge in [0.15, 0.2) is 6.61 Å². The van der Waals surface area contributed by atoms with Gasteiger partial charge in [-0.2, -0.15) is 4.31 Å². The molecule has 1 aliphatic heterocycles.